The third-order valence-corrected chi connectivity index (χ3v) is 2.61. The molecule has 5 nitrogen and oxygen atoms in total. The first-order valence-electron chi connectivity index (χ1n) is 5.47. The third-order valence-electron chi connectivity index (χ3n) is 2.61. The van der Waals surface area contributed by atoms with E-state index < -0.39 is 0 Å². The summed E-state index contributed by atoms with van der Waals surface area (Å²) in [6.07, 6.45) is 8.69. The second-order valence-corrected chi connectivity index (χ2v) is 3.77. The maximum atomic E-state index is 11.1. The van der Waals surface area contributed by atoms with Gasteiger partial charge in [0.15, 0.2) is 0 Å². The van der Waals surface area contributed by atoms with Crippen molar-refractivity contribution in [2.24, 2.45) is 0 Å². The Morgan fingerprint density at radius 1 is 1.17 bits per heavy atom. The summed E-state index contributed by atoms with van der Waals surface area (Å²) in [5.41, 5.74) is 1.65. The van der Waals surface area contributed by atoms with Crippen LogP contribution in [0.4, 0.5) is 0 Å². The summed E-state index contributed by atoms with van der Waals surface area (Å²) >= 11 is 0. The first kappa shape index (κ1) is 10.5. The summed E-state index contributed by atoms with van der Waals surface area (Å²) in [5.74, 6) is 0.787. The minimum absolute atomic E-state index is 0.123. The van der Waals surface area contributed by atoms with E-state index in [1.54, 1.807) is 30.9 Å². The van der Waals surface area contributed by atoms with Crippen LogP contribution in [-0.2, 0) is 0 Å². The fourth-order valence-corrected chi connectivity index (χ4v) is 1.77. The van der Waals surface area contributed by atoms with Crippen molar-refractivity contribution in [3.8, 4) is 17.1 Å². The molecule has 0 aliphatic carbocycles. The van der Waals surface area contributed by atoms with E-state index in [9.17, 15) is 4.79 Å². The van der Waals surface area contributed by atoms with Crippen LogP contribution in [0.25, 0.3) is 17.1 Å². The molecule has 0 unspecified atom stereocenters. The van der Waals surface area contributed by atoms with E-state index in [4.69, 9.17) is 0 Å². The highest BCUT2D eigenvalue weighted by Gasteiger charge is 2.07. The van der Waals surface area contributed by atoms with Crippen molar-refractivity contribution < 1.29 is 0 Å². The van der Waals surface area contributed by atoms with Crippen molar-refractivity contribution in [1.82, 2.24) is 19.5 Å². The Bertz CT molecular complexity index is 695. The zero-order chi connectivity index (χ0) is 12.4. The highest BCUT2D eigenvalue weighted by molar-refractivity contribution is 5.56. The second-order valence-electron chi connectivity index (χ2n) is 3.77. The van der Waals surface area contributed by atoms with Crippen molar-refractivity contribution in [2.45, 2.75) is 0 Å². The zero-order valence-corrected chi connectivity index (χ0v) is 9.45. The average molecular weight is 238 g/mol. The number of hydrogen-bond donors (Lipinski definition) is 1. The second kappa shape index (κ2) is 4.29. The van der Waals surface area contributed by atoms with Crippen molar-refractivity contribution >= 4 is 0 Å². The van der Waals surface area contributed by atoms with Gasteiger partial charge in [-0.1, -0.05) is 0 Å². The SMILES string of the molecule is O=c1ccc(-n2ccnc2-c2cccnc2)c[nH]1. The molecule has 0 aliphatic rings. The van der Waals surface area contributed by atoms with E-state index >= 15 is 0 Å². The Morgan fingerprint density at radius 3 is 2.83 bits per heavy atom. The molecular weight excluding hydrogens is 228 g/mol. The molecule has 3 aromatic rings. The number of aromatic nitrogens is 4. The Kier molecular flexibility index (Phi) is 2.49. The molecule has 0 spiro atoms. The molecule has 3 heterocycles. The predicted molar refractivity (Wildman–Crippen MR) is 67.4 cm³/mol. The number of nitrogens with one attached hydrogen (secondary N) is 1. The number of pyridine rings is 2. The van der Waals surface area contributed by atoms with E-state index in [-0.39, 0.29) is 5.56 Å². The van der Waals surface area contributed by atoms with Crippen LogP contribution in [0.5, 0.6) is 0 Å². The highest BCUT2D eigenvalue weighted by Crippen LogP contribution is 2.19. The van der Waals surface area contributed by atoms with E-state index in [1.165, 1.54) is 6.07 Å². The van der Waals surface area contributed by atoms with Gasteiger partial charge in [-0.25, -0.2) is 4.98 Å². The molecule has 0 aromatic carbocycles. The molecule has 0 saturated heterocycles. The minimum atomic E-state index is -0.123. The molecule has 88 valence electrons. The Balaban J connectivity index is 2.12. The first-order chi connectivity index (χ1) is 8.84. The monoisotopic (exact) mass is 238 g/mol. The van der Waals surface area contributed by atoms with Crippen LogP contribution in [0.2, 0.25) is 0 Å². The van der Waals surface area contributed by atoms with Gasteiger partial charge in [-0.3, -0.25) is 14.3 Å². The van der Waals surface area contributed by atoms with E-state index in [0.29, 0.717) is 0 Å². The van der Waals surface area contributed by atoms with Crippen LogP contribution >= 0.6 is 0 Å². The molecule has 0 atom stereocenters. The number of imidazole rings is 1. The van der Waals surface area contributed by atoms with Crippen molar-refractivity contribution in [2.75, 3.05) is 0 Å². The summed E-state index contributed by atoms with van der Waals surface area (Å²) in [6.45, 7) is 0. The topological polar surface area (TPSA) is 63.6 Å². The summed E-state index contributed by atoms with van der Waals surface area (Å²) in [7, 11) is 0. The van der Waals surface area contributed by atoms with Gasteiger partial charge < -0.3 is 4.98 Å². The van der Waals surface area contributed by atoms with Gasteiger partial charge in [0, 0.05) is 42.6 Å². The minimum Gasteiger partial charge on any atom is -0.327 e. The van der Waals surface area contributed by atoms with E-state index in [1.807, 2.05) is 22.9 Å². The lowest BCUT2D eigenvalue weighted by Crippen LogP contribution is -2.05. The number of hydrogen-bond acceptors (Lipinski definition) is 3. The van der Waals surface area contributed by atoms with Crippen LogP contribution in [-0.4, -0.2) is 19.5 Å². The fraction of sp³-hybridized carbons (Fsp3) is 0. The van der Waals surface area contributed by atoms with Crippen LogP contribution < -0.4 is 5.56 Å². The van der Waals surface area contributed by atoms with Gasteiger partial charge in [-0.05, 0) is 18.2 Å². The molecule has 0 aliphatic heterocycles. The maximum absolute atomic E-state index is 11.1. The Labute approximate surface area is 103 Å². The lowest BCUT2D eigenvalue weighted by molar-refractivity contribution is 1.04. The van der Waals surface area contributed by atoms with Crippen molar-refractivity contribution in [3.63, 3.8) is 0 Å². The Morgan fingerprint density at radius 2 is 2.11 bits per heavy atom. The molecule has 18 heavy (non-hydrogen) atoms. The van der Waals surface area contributed by atoms with Crippen LogP contribution in [0.15, 0.2) is 60.0 Å². The van der Waals surface area contributed by atoms with Crippen LogP contribution in [0, 0.1) is 0 Å². The summed E-state index contributed by atoms with van der Waals surface area (Å²) in [4.78, 5) is 22.1. The fourth-order valence-electron chi connectivity index (χ4n) is 1.77. The van der Waals surface area contributed by atoms with Gasteiger partial charge in [0.05, 0.1) is 5.69 Å². The summed E-state index contributed by atoms with van der Waals surface area (Å²) < 4.78 is 1.90. The molecule has 0 amide bonds. The van der Waals surface area contributed by atoms with Crippen LogP contribution in [0.3, 0.4) is 0 Å². The number of nitrogens with zero attached hydrogens (tertiary/aromatic N) is 3. The van der Waals surface area contributed by atoms with Crippen LogP contribution in [0.1, 0.15) is 0 Å². The van der Waals surface area contributed by atoms with Gasteiger partial charge in [0.25, 0.3) is 0 Å². The van der Waals surface area contributed by atoms with Gasteiger partial charge in [0.1, 0.15) is 5.82 Å². The molecule has 3 aromatic heterocycles. The molecule has 0 radical (unpaired) electrons. The molecule has 1 N–H and O–H groups in total. The number of H-pyrrole nitrogens is 1. The predicted octanol–water partition coefficient (Wildman–Crippen LogP) is 1.62. The van der Waals surface area contributed by atoms with Gasteiger partial charge in [-0.15, -0.1) is 0 Å². The summed E-state index contributed by atoms with van der Waals surface area (Å²) in [5, 5.41) is 0. The van der Waals surface area contributed by atoms with Gasteiger partial charge in [0.2, 0.25) is 5.56 Å². The molecule has 0 saturated carbocycles. The lowest BCUT2D eigenvalue weighted by atomic mass is 10.2. The van der Waals surface area contributed by atoms with E-state index in [2.05, 4.69) is 15.0 Å². The van der Waals surface area contributed by atoms with Crippen molar-refractivity contribution in [3.05, 3.63) is 65.6 Å². The quantitative estimate of drug-likeness (QED) is 0.738. The van der Waals surface area contributed by atoms with Crippen molar-refractivity contribution in [1.29, 1.82) is 0 Å². The molecule has 0 bridgehead atoms. The van der Waals surface area contributed by atoms with Gasteiger partial charge >= 0.3 is 0 Å². The van der Waals surface area contributed by atoms with E-state index in [0.717, 1.165) is 17.1 Å². The molecule has 5 heteroatoms. The smallest absolute Gasteiger partial charge is 0.248 e. The summed E-state index contributed by atoms with van der Waals surface area (Å²) in [6, 6.07) is 7.04. The largest absolute Gasteiger partial charge is 0.327 e. The standard InChI is InChI=1S/C13H10N4O/c18-12-4-3-11(9-16-12)17-7-6-15-13(17)10-2-1-5-14-8-10/h1-9H,(H,16,18). The lowest BCUT2D eigenvalue weighted by Gasteiger charge is -2.06. The number of aromatic amines is 1. The molecule has 0 fully saturated rings. The average Bonchev–Trinajstić information content (AvgIpc) is 2.90. The maximum Gasteiger partial charge on any atom is 0.248 e. The third kappa shape index (κ3) is 1.82. The first-order valence-corrected chi connectivity index (χ1v) is 5.47. The molecule has 3 rings (SSSR count). The zero-order valence-electron chi connectivity index (χ0n) is 9.45. The highest BCUT2D eigenvalue weighted by atomic mass is 16.1. The normalized spacial score (nSPS) is 10.4. The van der Waals surface area contributed by atoms with Gasteiger partial charge in [-0.2, -0.15) is 0 Å². The Hall–Kier alpha value is -2.69. The number of rotatable bonds is 2. The molecular formula is C13H10N4O.